The summed E-state index contributed by atoms with van der Waals surface area (Å²) < 4.78 is 30.9. The Kier molecular flexibility index (Phi) is 7.14. The molecule has 0 fully saturated rings. The third kappa shape index (κ3) is 4.83. The number of sulfonamides is 1. The monoisotopic (exact) mass is 580 g/mol. The number of aromatic nitrogens is 1. The van der Waals surface area contributed by atoms with E-state index in [1.54, 1.807) is 23.9 Å². The van der Waals surface area contributed by atoms with Crippen LogP contribution in [0.2, 0.25) is 0 Å². The van der Waals surface area contributed by atoms with E-state index in [1.807, 2.05) is 41.1 Å². The minimum atomic E-state index is -3.54. The van der Waals surface area contributed by atoms with Gasteiger partial charge in [-0.2, -0.15) is 4.31 Å². The topological polar surface area (TPSA) is 59.4 Å². The Morgan fingerprint density at radius 2 is 1.91 bits per heavy atom. The summed E-state index contributed by atoms with van der Waals surface area (Å²) in [5.74, 6) is 0. The first-order chi connectivity index (χ1) is 15.3. The van der Waals surface area contributed by atoms with Crippen LogP contribution in [0.25, 0.3) is 16.5 Å². The summed E-state index contributed by atoms with van der Waals surface area (Å²) in [5.41, 5.74) is 3.21. The summed E-state index contributed by atoms with van der Waals surface area (Å²) in [4.78, 5) is 12.5. The smallest absolute Gasteiger partial charge is 0.243 e. The van der Waals surface area contributed by atoms with Gasteiger partial charge in [0, 0.05) is 49.5 Å². The number of carbonyl (C=O) groups is 1. The maximum atomic E-state index is 13.2. The second-order valence-electron chi connectivity index (χ2n) is 8.00. The fourth-order valence-electron chi connectivity index (χ4n) is 3.98. The molecule has 32 heavy (non-hydrogen) atoms. The lowest BCUT2D eigenvalue weighted by Crippen LogP contribution is -2.34. The molecule has 0 radical (unpaired) electrons. The highest BCUT2D eigenvalue weighted by molar-refractivity contribution is 14.1. The number of rotatable bonds is 7. The lowest BCUT2D eigenvalue weighted by molar-refractivity contribution is -0.108. The molecule has 8 heteroatoms. The van der Waals surface area contributed by atoms with Gasteiger partial charge >= 0.3 is 0 Å². The molecule has 5 nitrogen and oxygen atoms in total. The van der Waals surface area contributed by atoms with Crippen LogP contribution in [0.15, 0.2) is 64.5 Å². The van der Waals surface area contributed by atoms with E-state index >= 15 is 0 Å². The Bertz CT molecular complexity index is 1280. The standard InChI is InChI=1S/C24H25IN2O3S2/c1-17(2)31-20-4-6-21(7-5-20)32(29,30)27-11-9-18(10-12-27)23-16-26(13-14-28)24-8-3-19(25)15-22(23)24/h3-9,14-17H,10-13H2,1-2H3. The number of aldehydes is 1. The summed E-state index contributed by atoms with van der Waals surface area (Å²) in [7, 11) is -3.54. The van der Waals surface area contributed by atoms with Crippen molar-refractivity contribution in [1.82, 2.24) is 8.87 Å². The number of fused-ring (bicyclic) bond motifs is 1. The number of hydrogen-bond donors (Lipinski definition) is 0. The second kappa shape index (κ2) is 9.70. The Hall–Kier alpha value is -1.62. The van der Waals surface area contributed by atoms with Gasteiger partial charge in [0.15, 0.2) is 0 Å². The molecule has 0 atom stereocenters. The zero-order valence-corrected chi connectivity index (χ0v) is 21.8. The highest BCUT2D eigenvalue weighted by Gasteiger charge is 2.27. The molecule has 0 N–H and O–H groups in total. The molecular weight excluding hydrogens is 555 g/mol. The minimum Gasteiger partial charge on any atom is -0.340 e. The molecule has 2 heterocycles. The second-order valence-corrected chi connectivity index (χ2v) is 12.8. The fraction of sp³-hybridized carbons (Fsp3) is 0.292. The van der Waals surface area contributed by atoms with Crippen LogP contribution in [-0.2, 0) is 21.4 Å². The first-order valence-corrected chi connectivity index (χ1v) is 13.9. The average molecular weight is 581 g/mol. The third-order valence-electron chi connectivity index (χ3n) is 5.47. The van der Waals surface area contributed by atoms with Gasteiger partial charge in [-0.1, -0.05) is 19.9 Å². The Balaban J connectivity index is 1.59. The van der Waals surface area contributed by atoms with E-state index in [1.165, 1.54) is 4.31 Å². The number of carbonyl (C=O) groups excluding carboxylic acids is 1. The van der Waals surface area contributed by atoms with Gasteiger partial charge in [-0.05, 0) is 77.0 Å². The summed E-state index contributed by atoms with van der Waals surface area (Å²) in [6, 6.07) is 13.3. The van der Waals surface area contributed by atoms with Crippen LogP contribution in [0, 0.1) is 3.57 Å². The van der Waals surface area contributed by atoms with Gasteiger partial charge in [0.25, 0.3) is 0 Å². The van der Waals surface area contributed by atoms with Crippen LogP contribution in [-0.4, -0.2) is 41.9 Å². The van der Waals surface area contributed by atoms with Crippen LogP contribution in [0.3, 0.4) is 0 Å². The molecule has 0 spiro atoms. The molecule has 4 rings (SSSR count). The van der Waals surface area contributed by atoms with Crippen LogP contribution in [0.1, 0.15) is 25.8 Å². The van der Waals surface area contributed by atoms with E-state index in [-0.39, 0.29) is 0 Å². The van der Waals surface area contributed by atoms with Crippen molar-refractivity contribution in [1.29, 1.82) is 0 Å². The Labute approximate surface area is 207 Å². The van der Waals surface area contributed by atoms with Crippen molar-refractivity contribution in [3.8, 4) is 0 Å². The van der Waals surface area contributed by atoms with Crippen LogP contribution in [0.4, 0.5) is 0 Å². The lowest BCUT2D eigenvalue weighted by atomic mass is 10.00. The number of nitrogens with zero attached hydrogens (tertiary/aromatic N) is 2. The van der Waals surface area contributed by atoms with Gasteiger partial charge in [-0.25, -0.2) is 8.42 Å². The Morgan fingerprint density at radius 3 is 2.53 bits per heavy atom. The molecule has 0 amide bonds. The quantitative estimate of drug-likeness (QED) is 0.213. The van der Waals surface area contributed by atoms with Gasteiger partial charge in [0.05, 0.1) is 11.4 Å². The summed E-state index contributed by atoms with van der Waals surface area (Å²) >= 11 is 4.00. The molecule has 1 aromatic heterocycles. The average Bonchev–Trinajstić information content (AvgIpc) is 3.11. The van der Waals surface area contributed by atoms with E-state index in [4.69, 9.17) is 0 Å². The summed E-state index contributed by atoms with van der Waals surface area (Å²) in [5, 5.41) is 1.54. The zero-order chi connectivity index (χ0) is 22.9. The van der Waals surface area contributed by atoms with Crippen molar-refractivity contribution in [2.24, 2.45) is 0 Å². The molecular formula is C24H25IN2O3S2. The van der Waals surface area contributed by atoms with E-state index < -0.39 is 10.0 Å². The van der Waals surface area contributed by atoms with Crippen molar-refractivity contribution in [2.75, 3.05) is 13.1 Å². The normalized spacial score (nSPS) is 15.3. The Morgan fingerprint density at radius 1 is 1.16 bits per heavy atom. The molecule has 0 saturated heterocycles. The maximum absolute atomic E-state index is 13.2. The van der Waals surface area contributed by atoms with Crippen LogP contribution in [0.5, 0.6) is 0 Å². The summed E-state index contributed by atoms with van der Waals surface area (Å²) in [6.07, 6.45) is 5.54. The highest BCUT2D eigenvalue weighted by Crippen LogP contribution is 2.33. The SMILES string of the molecule is CC(C)Sc1ccc(S(=O)(=O)N2CC=C(c3cn(CC=O)c4ccc(I)cc34)CC2)cc1. The fourth-order valence-corrected chi connectivity index (χ4v) is 6.69. The predicted octanol–water partition coefficient (Wildman–Crippen LogP) is 5.42. The number of hydrogen-bond acceptors (Lipinski definition) is 4. The molecule has 0 aliphatic carbocycles. The lowest BCUT2D eigenvalue weighted by Gasteiger charge is -2.26. The predicted molar refractivity (Wildman–Crippen MR) is 140 cm³/mol. The van der Waals surface area contributed by atoms with Crippen molar-refractivity contribution in [2.45, 2.75) is 41.9 Å². The molecule has 0 saturated carbocycles. The maximum Gasteiger partial charge on any atom is 0.243 e. The van der Waals surface area contributed by atoms with Gasteiger partial charge in [0.1, 0.15) is 6.29 Å². The van der Waals surface area contributed by atoms with Crippen molar-refractivity contribution < 1.29 is 13.2 Å². The first kappa shape index (κ1) is 23.5. The van der Waals surface area contributed by atoms with Crippen molar-refractivity contribution >= 4 is 67.1 Å². The highest BCUT2D eigenvalue weighted by atomic mass is 127. The van der Waals surface area contributed by atoms with Gasteiger partial charge in [0.2, 0.25) is 10.0 Å². The van der Waals surface area contributed by atoms with E-state index in [0.29, 0.717) is 36.2 Å². The van der Waals surface area contributed by atoms with E-state index in [2.05, 4.69) is 42.5 Å². The minimum absolute atomic E-state index is 0.302. The molecule has 2 aromatic carbocycles. The van der Waals surface area contributed by atoms with Crippen LogP contribution >= 0.6 is 34.4 Å². The zero-order valence-electron chi connectivity index (χ0n) is 18.0. The van der Waals surface area contributed by atoms with Crippen molar-refractivity contribution in [3.05, 3.63) is 63.9 Å². The van der Waals surface area contributed by atoms with Gasteiger partial charge in [-0.3, -0.25) is 0 Å². The number of halogens is 1. The number of thioether (sulfide) groups is 1. The van der Waals surface area contributed by atoms with E-state index in [9.17, 15) is 13.2 Å². The molecule has 1 aliphatic rings. The van der Waals surface area contributed by atoms with E-state index in [0.717, 1.165) is 36.8 Å². The van der Waals surface area contributed by atoms with Gasteiger partial charge in [-0.15, -0.1) is 11.8 Å². The summed E-state index contributed by atoms with van der Waals surface area (Å²) in [6.45, 7) is 5.30. The first-order valence-electron chi connectivity index (χ1n) is 10.5. The third-order valence-corrected chi connectivity index (χ3v) is 9.03. The molecule has 0 bridgehead atoms. The van der Waals surface area contributed by atoms with Crippen LogP contribution < -0.4 is 0 Å². The molecule has 1 aliphatic heterocycles. The van der Waals surface area contributed by atoms with Crippen molar-refractivity contribution in [3.63, 3.8) is 0 Å². The largest absolute Gasteiger partial charge is 0.340 e. The molecule has 3 aromatic rings. The molecule has 0 unspecified atom stereocenters. The van der Waals surface area contributed by atoms with Gasteiger partial charge < -0.3 is 9.36 Å². The number of benzene rings is 2. The molecule has 168 valence electrons.